The molecule has 3 aromatic carbocycles. The van der Waals surface area contributed by atoms with Crippen molar-refractivity contribution in [3.8, 4) is 5.75 Å². The number of ether oxygens (including phenoxy) is 1. The molecule has 0 radical (unpaired) electrons. The number of nitrogens with two attached hydrogens (primary N) is 1. The summed E-state index contributed by atoms with van der Waals surface area (Å²) in [5.74, 6) is 0.859. The summed E-state index contributed by atoms with van der Waals surface area (Å²) in [6, 6.07) is 27.0. The second-order valence-electron chi connectivity index (χ2n) is 6.33. The topological polar surface area (TPSA) is 35.2 Å². The molecule has 2 N–H and O–H groups in total. The molecule has 0 saturated carbocycles. The van der Waals surface area contributed by atoms with Crippen molar-refractivity contribution in [3.05, 3.63) is 101 Å². The quantitative estimate of drug-likeness (QED) is 0.656. The van der Waals surface area contributed by atoms with E-state index in [2.05, 4.69) is 49.4 Å². The summed E-state index contributed by atoms with van der Waals surface area (Å²) in [6.07, 6.45) is 1.89. The van der Waals surface area contributed by atoms with Crippen molar-refractivity contribution in [1.29, 1.82) is 0 Å². The van der Waals surface area contributed by atoms with Gasteiger partial charge in [0.1, 0.15) is 12.4 Å². The Labute approximate surface area is 150 Å². The zero-order valence-corrected chi connectivity index (χ0v) is 14.7. The number of benzene rings is 3. The third-order valence-electron chi connectivity index (χ3n) is 4.42. The van der Waals surface area contributed by atoms with Crippen LogP contribution in [-0.2, 0) is 19.4 Å². The first-order chi connectivity index (χ1) is 12.2. The molecule has 25 heavy (non-hydrogen) atoms. The van der Waals surface area contributed by atoms with E-state index in [4.69, 9.17) is 10.5 Å². The first-order valence-electron chi connectivity index (χ1n) is 8.84. The van der Waals surface area contributed by atoms with Crippen LogP contribution in [0.1, 0.15) is 35.2 Å². The lowest BCUT2D eigenvalue weighted by Gasteiger charge is -2.14. The minimum absolute atomic E-state index is 0.0345. The Balaban J connectivity index is 1.63. The van der Waals surface area contributed by atoms with E-state index in [-0.39, 0.29) is 6.04 Å². The number of aryl methyl sites for hydroxylation is 1. The van der Waals surface area contributed by atoms with Crippen LogP contribution >= 0.6 is 0 Å². The van der Waals surface area contributed by atoms with Crippen molar-refractivity contribution >= 4 is 0 Å². The molecule has 128 valence electrons. The first kappa shape index (κ1) is 17.2. The van der Waals surface area contributed by atoms with Crippen molar-refractivity contribution in [2.24, 2.45) is 5.73 Å². The molecule has 1 atom stereocenters. The number of rotatable bonds is 7. The highest BCUT2D eigenvalue weighted by Gasteiger charge is 2.08. The average molecular weight is 331 g/mol. The fourth-order valence-electron chi connectivity index (χ4n) is 2.86. The highest BCUT2D eigenvalue weighted by molar-refractivity contribution is 5.32. The van der Waals surface area contributed by atoms with Crippen LogP contribution in [0.4, 0.5) is 0 Å². The number of hydrogen-bond donors (Lipinski definition) is 1. The highest BCUT2D eigenvalue weighted by atomic mass is 16.5. The van der Waals surface area contributed by atoms with Crippen molar-refractivity contribution in [2.75, 3.05) is 0 Å². The van der Waals surface area contributed by atoms with Crippen LogP contribution in [0.3, 0.4) is 0 Å². The molecule has 0 amide bonds. The zero-order chi connectivity index (χ0) is 17.5. The second-order valence-corrected chi connectivity index (χ2v) is 6.33. The van der Waals surface area contributed by atoms with Gasteiger partial charge in [-0.25, -0.2) is 0 Å². The van der Waals surface area contributed by atoms with Crippen molar-refractivity contribution in [2.45, 2.75) is 32.4 Å². The average Bonchev–Trinajstić information content (AvgIpc) is 2.68. The standard InChI is InChI=1S/C23H25NO/c1-2-18-11-13-19(14-12-18)15-23(24)21-9-6-10-22(16-21)25-17-20-7-4-3-5-8-20/h3-14,16,23H,2,15,17,24H2,1H3. The van der Waals surface area contributed by atoms with Gasteiger partial charge in [-0.15, -0.1) is 0 Å². The van der Waals surface area contributed by atoms with E-state index in [0.717, 1.165) is 29.7 Å². The zero-order valence-electron chi connectivity index (χ0n) is 14.7. The molecule has 0 aliphatic carbocycles. The van der Waals surface area contributed by atoms with Gasteiger partial charge in [-0.05, 0) is 47.2 Å². The van der Waals surface area contributed by atoms with Gasteiger partial charge in [0, 0.05) is 6.04 Å². The predicted octanol–water partition coefficient (Wildman–Crippen LogP) is 5.07. The normalized spacial score (nSPS) is 11.9. The summed E-state index contributed by atoms with van der Waals surface area (Å²) in [6.45, 7) is 2.74. The molecule has 0 spiro atoms. The number of hydrogen-bond acceptors (Lipinski definition) is 2. The Morgan fingerprint density at radius 1 is 0.800 bits per heavy atom. The molecule has 3 rings (SSSR count). The largest absolute Gasteiger partial charge is 0.489 e. The minimum Gasteiger partial charge on any atom is -0.489 e. The van der Waals surface area contributed by atoms with Crippen LogP contribution in [-0.4, -0.2) is 0 Å². The third-order valence-corrected chi connectivity index (χ3v) is 4.42. The van der Waals surface area contributed by atoms with Crippen LogP contribution in [0.15, 0.2) is 78.9 Å². The molecular formula is C23H25NO. The highest BCUT2D eigenvalue weighted by Crippen LogP contribution is 2.22. The SMILES string of the molecule is CCc1ccc(CC(N)c2cccc(OCc3ccccc3)c2)cc1. The summed E-state index contributed by atoms with van der Waals surface area (Å²) >= 11 is 0. The Morgan fingerprint density at radius 2 is 1.52 bits per heavy atom. The fourth-order valence-corrected chi connectivity index (χ4v) is 2.86. The third kappa shape index (κ3) is 4.94. The van der Waals surface area contributed by atoms with E-state index in [1.165, 1.54) is 11.1 Å². The molecule has 0 aliphatic heterocycles. The minimum atomic E-state index is -0.0345. The van der Waals surface area contributed by atoms with Gasteiger partial charge in [0.15, 0.2) is 0 Å². The molecule has 0 bridgehead atoms. The van der Waals surface area contributed by atoms with Crippen LogP contribution in [0.2, 0.25) is 0 Å². The predicted molar refractivity (Wildman–Crippen MR) is 104 cm³/mol. The van der Waals surface area contributed by atoms with E-state index >= 15 is 0 Å². The molecule has 0 fully saturated rings. The summed E-state index contributed by atoms with van der Waals surface area (Å²) in [5, 5.41) is 0. The van der Waals surface area contributed by atoms with Gasteiger partial charge >= 0.3 is 0 Å². The van der Waals surface area contributed by atoms with E-state index in [1.54, 1.807) is 0 Å². The van der Waals surface area contributed by atoms with Crippen molar-refractivity contribution in [1.82, 2.24) is 0 Å². The first-order valence-corrected chi connectivity index (χ1v) is 8.84. The van der Waals surface area contributed by atoms with Crippen LogP contribution in [0.5, 0.6) is 5.75 Å². The lowest BCUT2D eigenvalue weighted by molar-refractivity contribution is 0.305. The maximum atomic E-state index is 6.42. The lowest BCUT2D eigenvalue weighted by atomic mass is 9.98. The maximum Gasteiger partial charge on any atom is 0.120 e. The fraction of sp³-hybridized carbons (Fsp3) is 0.217. The molecule has 2 nitrogen and oxygen atoms in total. The molecule has 0 heterocycles. The van der Waals surface area contributed by atoms with Crippen LogP contribution < -0.4 is 10.5 Å². The Kier molecular flexibility index (Phi) is 5.86. The Hall–Kier alpha value is -2.58. The summed E-state index contributed by atoms with van der Waals surface area (Å²) in [5.41, 5.74) is 11.3. The summed E-state index contributed by atoms with van der Waals surface area (Å²) in [7, 11) is 0. The molecule has 0 aromatic heterocycles. The van der Waals surface area contributed by atoms with Gasteiger partial charge in [0.05, 0.1) is 0 Å². The lowest BCUT2D eigenvalue weighted by Crippen LogP contribution is -2.13. The van der Waals surface area contributed by atoms with Crippen molar-refractivity contribution in [3.63, 3.8) is 0 Å². The molecule has 3 aromatic rings. The van der Waals surface area contributed by atoms with Gasteiger partial charge in [0.2, 0.25) is 0 Å². The Morgan fingerprint density at radius 3 is 2.24 bits per heavy atom. The van der Waals surface area contributed by atoms with E-state index in [9.17, 15) is 0 Å². The maximum absolute atomic E-state index is 6.42. The van der Waals surface area contributed by atoms with Gasteiger partial charge in [-0.2, -0.15) is 0 Å². The molecular weight excluding hydrogens is 306 g/mol. The van der Waals surface area contributed by atoms with Crippen LogP contribution in [0, 0.1) is 0 Å². The van der Waals surface area contributed by atoms with E-state index < -0.39 is 0 Å². The molecule has 0 saturated heterocycles. The second kappa shape index (κ2) is 8.50. The molecule has 2 heteroatoms. The monoisotopic (exact) mass is 331 g/mol. The van der Waals surface area contributed by atoms with Gasteiger partial charge in [-0.1, -0.05) is 73.7 Å². The Bertz CT molecular complexity index is 781. The molecule has 1 unspecified atom stereocenters. The summed E-state index contributed by atoms with van der Waals surface area (Å²) in [4.78, 5) is 0. The smallest absolute Gasteiger partial charge is 0.120 e. The van der Waals surface area contributed by atoms with Crippen LogP contribution in [0.25, 0.3) is 0 Å². The van der Waals surface area contributed by atoms with Gasteiger partial charge in [-0.3, -0.25) is 0 Å². The van der Waals surface area contributed by atoms with E-state index in [0.29, 0.717) is 6.61 Å². The van der Waals surface area contributed by atoms with Crippen molar-refractivity contribution < 1.29 is 4.74 Å². The van der Waals surface area contributed by atoms with Gasteiger partial charge < -0.3 is 10.5 Å². The van der Waals surface area contributed by atoms with Gasteiger partial charge in [0.25, 0.3) is 0 Å². The molecule has 0 aliphatic rings. The van der Waals surface area contributed by atoms with E-state index in [1.807, 2.05) is 36.4 Å². The summed E-state index contributed by atoms with van der Waals surface area (Å²) < 4.78 is 5.91.